The fourth-order valence-electron chi connectivity index (χ4n) is 4.22. The van der Waals surface area contributed by atoms with Crippen LogP contribution < -0.4 is 9.47 Å². The maximum absolute atomic E-state index is 12.9. The minimum atomic E-state index is 0.0526. The van der Waals surface area contributed by atoms with E-state index in [9.17, 15) is 4.79 Å². The molecule has 164 valence electrons. The quantitative estimate of drug-likeness (QED) is 0.549. The van der Waals surface area contributed by atoms with Crippen molar-refractivity contribution in [3.63, 3.8) is 0 Å². The monoisotopic (exact) mass is 447 g/mol. The summed E-state index contributed by atoms with van der Waals surface area (Å²) in [5.74, 6) is 3.18. The molecule has 5 rings (SSSR count). The van der Waals surface area contributed by atoms with Crippen LogP contribution >= 0.6 is 11.3 Å². The topological polar surface area (TPSA) is 54.4 Å². The summed E-state index contributed by atoms with van der Waals surface area (Å²) in [6.45, 7) is 6.15. The van der Waals surface area contributed by atoms with Crippen molar-refractivity contribution in [2.45, 2.75) is 19.9 Å². The number of aryl methyl sites for hydroxylation is 1. The van der Waals surface area contributed by atoms with E-state index in [1.165, 1.54) is 11.3 Å². The average molecular weight is 448 g/mol. The molecule has 0 radical (unpaired) electrons. The number of amides is 1. The number of hydrogen-bond acceptors (Lipinski definition) is 6. The Kier molecular flexibility index (Phi) is 5.35. The number of ether oxygens (including phenoxy) is 2. The standard InChI is InChI=1S/C25H25N3O3S/c1-16-6-8-20-22(13-16)31-21-9-7-18(30-3)14-19(21)24(26-20)27-10-11-28(17(2)15-27)25(29)23-5-4-12-32-23/h4-9,12-14,17H,10-11,15H2,1-3H3. The molecule has 1 aromatic heterocycles. The first-order valence-electron chi connectivity index (χ1n) is 10.7. The van der Waals surface area contributed by atoms with Crippen molar-refractivity contribution in [1.29, 1.82) is 0 Å². The van der Waals surface area contributed by atoms with Crippen molar-refractivity contribution < 1.29 is 14.3 Å². The Morgan fingerprint density at radius 3 is 2.78 bits per heavy atom. The number of thiophene rings is 1. The minimum absolute atomic E-state index is 0.0526. The summed E-state index contributed by atoms with van der Waals surface area (Å²) in [5.41, 5.74) is 2.81. The lowest BCUT2D eigenvalue weighted by atomic mass is 10.1. The molecule has 7 heteroatoms. The summed E-state index contributed by atoms with van der Waals surface area (Å²) < 4.78 is 11.8. The largest absolute Gasteiger partial charge is 0.497 e. The van der Waals surface area contributed by atoms with E-state index >= 15 is 0 Å². The lowest BCUT2D eigenvalue weighted by Gasteiger charge is -2.41. The maximum Gasteiger partial charge on any atom is 0.264 e. The predicted molar refractivity (Wildman–Crippen MR) is 127 cm³/mol. The number of hydrogen-bond donors (Lipinski definition) is 0. The molecular weight excluding hydrogens is 422 g/mol. The third-order valence-corrected chi connectivity index (χ3v) is 6.77. The molecule has 0 aliphatic carbocycles. The van der Waals surface area contributed by atoms with E-state index in [0.717, 1.165) is 44.8 Å². The molecule has 3 heterocycles. The fraction of sp³-hybridized carbons (Fsp3) is 0.280. The number of carbonyl (C=O) groups is 1. The van der Waals surface area contributed by atoms with Gasteiger partial charge in [0, 0.05) is 25.7 Å². The SMILES string of the molecule is COc1ccc2c(c1)C(N1CCN(C(=O)c3cccs3)C(C)C1)=Nc1ccc(C)cc1O2. The van der Waals surface area contributed by atoms with Crippen molar-refractivity contribution in [3.8, 4) is 17.2 Å². The molecule has 6 nitrogen and oxygen atoms in total. The van der Waals surface area contributed by atoms with Crippen LogP contribution in [0.2, 0.25) is 0 Å². The van der Waals surface area contributed by atoms with Gasteiger partial charge in [-0.3, -0.25) is 4.79 Å². The van der Waals surface area contributed by atoms with E-state index in [4.69, 9.17) is 14.5 Å². The molecule has 2 aliphatic rings. The van der Waals surface area contributed by atoms with Gasteiger partial charge in [0.1, 0.15) is 23.0 Å². The average Bonchev–Trinajstić information content (AvgIpc) is 3.28. The first kappa shape index (κ1) is 20.6. The number of carbonyl (C=O) groups excluding carboxylic acids is 1. The van der Waals surface area contributed by atoms with E-state index in [0.29, 0.717) is 19.6 Å². The highest BCUT2D eigenvalue weighted by molar-refractivity contribution is 7.12. The Hall–Kier alpha value is -3.32. The van der Waals surface area contributed by atoms with Crippen LogP contribution in [0.5, 0.6) is 17.2 Å². The lowest BCUT2D eigenvalue weighted by molar-refractivity contribution is 0.0586. The zero-order chi connectivity index (χ0) is 22.2. The summed E-state index contributed by atoms with van der Waals surface area (Å²) in [4.78, 5) is 23.0. The Morgan fingerprint density at radius 2 is 2.03 bits per heavy atom. The van der Waals surface area contributed by atoms with Crippen molar-refractivity contribution in [1.82, 2.24) is 9.80 Å². The van der Waals surface area contributed by atoms with Crippen molar-refractivity contribution in [3.05, 3.63) is 69.9 Å². The van der Waals surface area contributed by atoms with Crippen LogP contribution in [0.4, 0.5) is 5.69 Å². The van der Waals surface area contributed by atoms with Gasteiger partial charge in [0.2, 0.25) is 0 Å². The van der Waals surface area contributed by atoms with Crippen LogP contribution in [0.1, 0.15) is 27.7 Å². The second kappa shape index (κ2) is 8.31. The lowest BCUT2D eigenvalue weighted by Crippen LogP contribution is -2.55. The maximum atomic E-state index is 12.9. The highest BCUT2D eigenvalue weighted by Crippen LogP contribution is 2.40. The molecule has 2 aliphatic heterocycles. The van der Waals surface area contributed by atoms with Gasteiger partial charge in [0.05, 0.1) is 17.6 Å². The number of fused-ring (bicyclic) bond motifs is 2. The van der Waals surface area contributed by atoms with Gasteiger partial charge in [-0.1, -0.05) is 12.1 Å². The van der Waals surface area contributed by atoms with Gasteiger partial charge in [-0.05, 0) is 61.2 Å². The molecule has 1 saturated heterocycles. The number of piperazine rings is 1. The van der Waals surface area contributed by atoms with E-state index in [-0.39, 0.29) is 11.9 Å². The molecule has 1 unspecified atom stereocenters. The van der Waals surface area contributed by atoms with Crippen LogP contribution in [-0.4, -0.2) is 54.3 Å². The first-order valence-corrected chi connectivity index (χ1v) is 11.6. The highest BCUT2D eigenvalue weighted by atomic mass is 32.1. The molecule has 0 bridgehead atoms. The Labute approximate surface area is 191 Å². The van der Waals surface area contributed by atoms with Crippen LogP contribution in [0.3, 0.4) is 0 Å². The molecule has 0 spiro atoms. The molecule has 1 atom stereocenters. The number of rotatable bonds is 2. The van der Waals surface area contributed by atoms with Gasteiger partial charge in [-0.2, -0.15) is 0 Å². The summed E-state index contributed by atoms with van der Waals surface area (Å²) in [7, 11) is 1.66. The zero-order valence-electron chi connectivity index (χ0n) is 18.4. The van der Waals surface area contributed by atoms with Gasteiger partial charge in [-0.15, -0.1) is 11.3 Å². The Balaban J connectivity index is 1.50. The molecule has 3 aromatic rings. The first-order chi connectivity index (χ1) is 15.5. The summed E-state index contributed by atoms with van der Waals surface area (Å²) >= 11 is 1.49. The van der Waals surface area contributed by atoms with Crippen LogP contribution in [0.25, 0.3) is 0 Å². The zero-order valence-corrected chi connectivity index (χ0v) is 19.2. The molecule has 0 N–H and O–H groups in total. The molecule has 1 amide bonds. The van der Waals surface area contributed by atoms with E-state index in [2.05, 4.69) is 11.8 Å². The number of aliphatic imine (C=N–C) groups is 1. The van der Waals surface area contributed by atoms with E-state index in [1.807, 2.05) is 65.7 Å². The number of nitrogens with zero attached hydrogens (tertiary/aromatic N) is 3. The Morgan fingerprint density at radius 1 is 1.16 bits per heavy atom. The number of amidine groups is 1. The van der Waals surface area contributed by atoms with Gasteiger partial charge in [0.25, 0.3) is 5.91 Å². The van der Waals surface area contributed by atoms with Gasteiger partial charge < -0.3 is 19.3 Å². The summed E-state index contributed by atoms with van der Waals surface area (Å²) in [6, 6.07) is 15.7. The van der Waals surface area contributed by atoms with Crippen LogP contribution in [0.15, 0.2) is 58.9 Å². The van der Waals surface area contributed by atoms with Crippen LogP contribution in [-0.2, 0) is 0 Å². The highest BCUT2D eigenvalue weighted by Gasteiger charge is 2.32. The van der Waals surface area contributed by atoms with Crippen molar-refractivity contribution in [2.24, 2.45) is 4.99 Å². The smallest absolute Gasteiger partial charge is 0.264 e. The van der Waals surface area contributed by atoms with Gasteiger partial charge in [0.15, 0.2) is 5.75 Å². The molecule has 1 fully saturated rings. The Bertz CT molecular complexity index is 1190. The minimum Gasteiger partial charge on any atom is -0.497 e. The van der Waals surface area contributed by atoms with Crippen LogP contribution in [0, 0.1) is 6.92 Å². The van der Waals surface area contributed by atoms with Crippen molar-refractivity contribution in [2.75, 3.05) is 26.7 Å². The van der Waals surface area contributed by atoms with Gasteiger partial charge >= 0.3 is 0 Å². The third-order valence-electron chi connectivity index (χ3n) is 5.91. The number of methoxy groups -OCH3 is 1. The fourth-order valence-corrected chi connectivity index (χ4v) is 4.90. The molecular formula is C25H25N3O3S. The number of benzene rings is 2. The van der Waals surface area contributed by atoms with E-state index in [1.54, 1.807) is 7.11 Å². The second-order valence-electron chi connectivity index (χ2n) is 8.14. The molecule has 0 saturated carbocycles. The third kappa shape index (κ3) is 3.73. The summed E-state index contributed by atoms with van der Waals surface area (Å²) in [6.07, 6.45) is 0. The van der Waals surface area contributed by atoms with E-state index < -0.39 is 0 Å². The predicted octanol–water partition coefficient (Wildman–Crippen LogP) is 5.10. The van der Waals surface area contributed by atoms with Gasteiger partial charge in [-0.25, -0.2) is 4.99 Å². The molecule has 2 aromatic carbocycles. The molecule has 32 heavy (non-hydrogen) atoms. The van der Waals surface area contributed by atoms with Crippen molar-refractivity contribution >= 4 is 28.8 Å². The summed E-state index contributed by atoms with van der Waals surface area (Å²) in [5, 5.41) is 1.94. The normalized spacial score (nSPS) is 17.6. The second-order valence-corrected chi connectivity index (χ2v) is 9.09.